The molecule has 64 valence electrons. The molecule has 11 heavy (non-hydrogen) atoms. The summed E-state index contributed by atoms with van der Waals surface area (Å²) < 4.78 is 0. The summed E-state index contributed by atoms with van der Waals surface area (Å²) in [4.78, 5) is 21.0. The molecule has 3 heteroatoms. The van der Waals surface area contributed by atoms with Crippen molar-refractivity contribution in [3.63, 3.8) is 0 Å². The van der Waals surface area contributed by atoms with Crippen LogP contribution in [0.3, 0.4) is 0 Å². The zero-order valence-corrected chi connectivity index (χ0v) is 7.26. The van der Waals surface area contributed by atoms with Crippen LogP contribution in [-0.4, -0.2) is 24.2 Å². The number of hydrogen-bond acceptors (Lipinski definition) is 3. The molecule has 0 bridgehead atoms. The summed E-state index contributed by atoms with van der Waals surface area (Å²) >= 11 is 0. The molecule has 0 spiro atoms. The van der Waals surface area contributed by atoms with E-state index in [1.165, 1.54) is 6.92 Å². The second kappa shape index (κ2) is 5.02. The summed E-state index contributed by atoms with van der Waals surface area (Å²) in [5.41, 5.74) is 0. The Morgan fingerprint density at radius 1 is 1.55 bits per heavy atom. The van der Waals surface area contributed by atoms with Gasteiger partial charge in [-0.25, -0.2) is 0 Å². The van der Waals surface area contributed by atoms with Crippen molar-refractivity contribution in [2.24, 2.45) is 0 Å². The van der Waals surface area contributed by atoms with E-state index in [-0.39, 0.29) is 24.3 Å². The minimum absolute atomic E-state index is 0.0193. The molecule has 0 aliphatic carbocycles. The van der Waals surface area contributed by atoms with Gasteiger partial charge in [-0.2, -0.15) is 0 Å². The van der Waals surface area contributed by atoms with E-state index in [2.05, 4.69) is 5.32 Å². The van der Waals surface area contributed by atoms with Gasteiger partial charge >= 0.3 is 0 Å². The highest BCUT2D eigenvalue weighted by Crippen LogP contribution is 1.92. The second-order valence-corrected chi connectivity index (χ2v) is 2.89. The van der Waals surface area contributed by atoms with Crippen LogP contribution >= 0.6 is 0 Å². The average molecular weight is 157 g/mol. The highest BCUT2D eigenvalue weighted by Gasteiger charge is 2.13. The van der Waals surface area contributed by atoms with Crippen molar-refractivity contribution in [1.82, 2.24) is 5.32 Å². The van der Waals surface area contributed by atoms with Crippen molar-refractivity contribution in [3.05, 3.63) is 0 Å². The van der Waals surface area contributed by atoms with Crippen molar-refractivity contribution in [1.29, 1.82) is 0 Å². The number of aldehydes is 1. The standard InChI is InChI=1S/C8H15NO2/c1-6(2)9-8(4-5-10)7(3)11/h5-6,8-9H,4H2,1-3H3. The maximum atomic E-state index is 10.8. The van der Waals surface area contributed by atoms with Crippen LogP contribution in [0.2, 0.25) is 0 Å². The summed E-state index contributed by atoms with van der Waals surface area (Å²) in [6, 6.07) is -0.0589. The fourth-order valence-electron chi connectivity index (χ4n) is 0.850. The summed E-state index contributed by atoms with van der Waals surface area (Å²) in [7, 11) is 0. The van der Waals surface area contributed by atoms with E-state index in [4.69, 9.17) is 0 Å². The number of hydrogen-bond donors (Lipinski definition) is 1. The molecule has 0 aromatic heterocycles. The molecule has 1 N–H and O–H groups in total. The maximum absolute atomic E-state index is 10.8. The normalized spacial score (nSPS) is 13.1. The predicted molar refractivity (Wildman–Crippen MR) is 43.4 cm³/mol. The van der Waals surface area contributed by atoms with Gasteiger partial charge in [-0.3, -0.25) is 4.79 Å². The van der Waals surface area contributed by atoms with Gasteiger partial charge < -0.3 is 10.1 Å². The fourth-order valence-corrected chi connectivity index (χ4v) is 0.850. The molecule has 0 saturated heterocycles. The lowest BCUT2D eigenvalue weighted by Crippen LogP contribution is -2.39. The lowest BCUT2D eigenvalue weighted by molar-refractivity contribution is -0.121. The van der Waals surface area contributed by atoms with Crippen LogP contribution in [0.4, 0.5) is 0 Å². The molecule has 0 aliphatic heterocycles. The number of nitrogens with one attached hydrogen (secondary N) is 1. The van der Waals surface area contributed by atoms with Gasteiger partial charge in [0, 0.05) is 12.5 Å². The van der Waals surface area contributed by atoms with Gasteiger partial charge in [0.2, 0.25) is 0 Å². The molecule has 0 radical (unpaired) electrons. The molecular formula is C8H15NO2. The Morgan fingerprint density at radius 2 is 2.09 bits per heavy atom. The van der Waals surface area contributed by atoms with Crippen LogP contribution in [0.5, 0.6) is 0 Å². The minimum Gasteiger partial charge on any atom is -0.305 e. The predicted octanol–water partition coefficient (Wildman–Crippen LogP) is 0.531. The Labute approximate surface area is 67.2 Å². The molecule has 0 rings (SSSR count). The van der Waals surface area contributed by atoms with Gasteiger partial charge in [-0.05, 0) is 6.92 Å². The van der Waals surface area contributed by atoms with E-state index in [1.54, 1.807) is 0 Å². The third-order valence-electron chi connectivity index (χ3n) is 1.36. The van der Waals surface area contributed by atoms with E-state index in [0.717, 1.165) is 6.29 Å². The first kappa shape index (κ1) is 10.3. The molecule has 0 amide bonds. The topological polar surface area (TPSA) is 46.2 Å². The monoisotopic (exact) mass is 157 g/mol. The Morgan fingerprint density at radius 3 is 2.36 bits per heavy atom. The Bertz CT molecular complexity index is 143. The minimum atomic E-state index is -0.299. The van der Waals surface area contributed by atoms with Gasteiger partial charge in [0.15, 0.2) is 0 Å². The molecule has 0 fully saturated rings. The van der Waals surface area contributed by atoms with Crippen LogP contribution in [0.25, 0.3) is 0 Å². The number of Topliss-reactive ketones (excluding diaryl/α,β-unsaturated/α-hetero) is 1. The Kier molecular flexibility index (Phi) is 4.70. The van der Waals surface area contributed by atoms with Crippen molar-refractivity contribution < 1.29 is 9.59 Å². The Balaban J connectivity index is 3.88. The Hall–Kier alpha value is -0.700. The molecule has 0 aromatic rings. The fraction of sp³-hybridized carbons (Fsp3) is 0.750. The number of carbonyl (C=O) groups excluding carboxylic acids is 2. The zero-order chi connectivity index (χ0) is 8.85. The van der Waals surface area contributed by atoms with Crippen molar-refractivity contribution in [2.75, 3.05) is 0 Å². The van der Waals surface area contributed by atoms with Gasteiger partial charge in [0.05, 0.1) is 6.04 Å². The van der Waals surface area contributed by atoms with E-state index >= 15 is 0 Å². The third kappa shape index (κ3) is 4.67. The van der Waals surface area contributed by atoms with Crippen molar-refractivity contribution in [2.45, 2.75) is 39.3 Å². The van der Waals surface area contributed by atoms with Gasteiger partial charge in [-0.15, -0.1) is 0 Å². The zero-order valence-electron chi connectivity index (χ0n) is 7.26. The molecule has 0 aliphatic rings. The summed E-state index contributed by atoms with van der Waals surface area (Å²) in [6.45, 7) is 5.38. The van der Waals surface area contributed by atoms with E-state index in [9.17, 15) is 9.59 Å². The van der Waals surface area contributed by atoms with Gasteiger partial charge in [0.1, 0.15) is 12.1 Å². The maximum Gasteiger partial charge on any atom is 0.147 e. The number of carbonyl (C=O) groups is 2. The van der Waals surface area contributed by atoms with Crippen LogP contribution in [0, 0.1) is 0 Å². The van der Waals surface area contributed by atoms with E-state index in [0.29, 0.717) is 0 Å². The average Bonchev–Trinajstić information content (AvgIpc) is 1.86. The summed E-state index contributed by atoms with van der Waals surface area (Å²) in [5, 5.41) is 3.00. The lowest BCUT2D eigenvalue weighted by Gasteiger charge is -2.15. The van der Waals surface area contributed by atoms with E-state index in [1.807, 2.05) is 13.8 Å². The molecule has 3 nitrogen and oxygen atoms in total. The largest absolute Gasteiger partial charge is 0.305 e. The molecule has 0 saturated carbocycles. The first-order valence-corrected chi connectivity index (χ1v) is 3.78. The van der Waals surface area contributed by atoms with Crippen LogP contribution < -0.4 is 5.32 Å². The van der Waals surface area contributed by atoms with Crippen LogP contribution in [0.1, 0.15) is 27.2 Å². The highest BCUT2D eigenvalue weighted by molar-refractivity contribution is 5.83. The van der Waals surface area contributed by atoms with Gasteiger partial charge in [-0.1, -0.05) is 13.8 Å². The van der Waals surface area contributed by atoms with Crippen LogP contribution in [0.15, 0.2) is 0 Å². The third-order valence-corrected chi connectivity index (χ3v) is 1.36. The lowest BCUT2D eigenvalue weighted by atomic mass is 10.1. The quantitative estimate of drug-likeness (QED) is 0.592. The van der Waals surface area contributed by atoms with Crippen LogP contribution in [-0.2, 0) is 9.59 Å². The highest BCUT2D eigenvalue weighted by atomic mass is 16.1. The number of ketones is 1. The summed E-state index contributed by atoms with van der Waals surface area (Å²) in [6.07, 6.45) is 1.04. The van der Waals surface area contributed by atoms with Crippen molar-refractivity contribution in [3.8, 4) is 0 Å². The van der Waals surface area contributed by atoms with Crippen molar-refractivity contribution >= 4 is 12.1 Å². The smallest absolute Gasteiger partial charge is 0.147 e. The first-order valence-electron chi connectivity index (χ1n) is 3.78. The molecule has 0 heterocycles. The van der Waals surface area contributed by atoms with Gasteiger partial charge in [0.25, 0.3) is 0 Å². The molecule has 1 atom stereocenters. The number of rotatable bonds is 5. The molecular weight excluding hydrogens is 142 g/mol. The van der Waals surface area contributed by atoms with E-state index < -0.39 is 0 Å². The second-order valence-electron chi connectivity index (χ2n) is 2.89. The summed E-state index contributed by atoms with van der Waals surface area (Å²) in [5.74, 6) is 0.0193. The first-order chi connectivity index (χ1) is 5.07. The SMILES string of the molecule is CC(=O)C(CC=O)NC(C)C. The molecule has 1 unspecified atom stereocenters. The molecule has 0 aromatic carbocycles.